The molecule has 2 saturated heterocycles. The number of nitrogens with zero attached hydrogens (tertiary/aromatic N) is 3. The molecule has 6 heteroatoms. The number of likely N-dealkylation sites (tertiary alicyclic amines) is 1. The van der Waals surface area contributed by atoms with E-state index in [2.05, 4.69) is 11.9 Å². The third-order valence-electron chi connectivity index (χ3n) is 4.60. The summed E-state index contributed by atoms with van der Waals surface area (Å²) in [6.45, 7) is 6.04. The maximum Gasteiger partial charge on any atom is 0.272 e. The lowest BCUT2D eigenvalue weighted by Crippen LogP contribution is -2.41. The standard InChI is InChI=1S/C17H23N3O3/c1-13-3-6-19(7-4-13)16(21)14-2-5-18-15(12-14)17(22)20-8-10-23-11-9-20/h2,5,12-13H,3-4,6-11H2,1H3. The summed E-state index contributed by atoms with van der Waals surface area (Å²) in [5, 5.41) is 0. The van der Waals surface area contributed by atoms with E-state index in [9.17, 15) is 9.59 Å². The topological polar surface area (TPSA) is 62.7 Å². The Morgan fingerprint density at radius 2 is 1.74 bits per heavy atom. The van der Waals surface area contributed by atoms with Crippen LogP contribution >= 0.6 is 0 Å². The maximum atomic E-state index is 12.6. The quantitative estimate of drug-likeness (QED) is 0.828. The molecule has 1 aromatic heterocycles. The molecule has 3 heterocycles. The van der Waals surface area contributed by atoms with E-state index in [1.165, 1.54) is 0 Å². The van der Waals surface area contributed by atoms with Gasteiger partial charge in [-0.15, -0.1) is 0 Å². The number of amides is 2. The van der Waals surface area contributed by atoms with Gasteiger partial charge in [-0.1, -0.05) is 6.92 Å². The molecule has 0 spiro atoms. The van der Waals surface area contributed by atoms with Crippen LogP contribution in [0.1, 0.15) is 40.6 Å². The van der Waals surface area contributed by atoms with Crippen LogP contribution in [-0.2, 0) is 4.74 Å². The van der Waals surface area contributed by atoms with Crippen LogP contribution in [-0.4, -0.2) is 66.0 Å². The van der Waals surface area contributed by atoms with Gasteiger partial charge in [0.05, 0.1) is 13.2 Å². The molecule has 2 aliphatic heterocycles. The Labute approximate surface area is 136 Å². The Hall–Kier alpha value is -1.95. The third kappa shape index (κ3) is 3.69. The van der Waals surface area contributed by atoms with Crippen molar-refractivity contribution in [2.75, 3.05) is 39.4 Å². The molecule has 0 aromatic carbocycles. The van der Waals surface area contributed by atoms with Crippen molar-refractivity contribution >= 4 is 11.8 Å². The van der Waals surface area contributed by atoms with Crippen LogP contribution in [0.25, 0.3) is 0 Å². The number of ether oxygens (including phenoxy) is 1. The molecule has 1 aromatic rings. The number of piperidine rings is 1. The van der Waals surface area contributed by atoms with Crippen molar-refractivity contribution in [3.05, 3.63) is 29.6 Å². The maximum absolute atomic E-state index is 12.6. The van der Waals surface area contributed by atoms with Gasteiger partial charge in [0.15, 0.2) is 0 Å². The van der Waals surface area contributed by atoms with Gasteiger partial charge in [0.1, 0.15) is 5.69 Å². The number of pyridine rings is 1. The molecular weight excluding hydrogens is 294 g/mol. The van der Waals surface area contributed by atoms with Crippen LogP contribution in [0.4, 0.5) is 0 Å². The molecule has 6 nitrogen and oxygen atoms in total. The minimum absolute atomic E-state index is 0.00433. The second-order valence-corrected chi connectivity index (χ2v) is 6.31. The van der Waals surface area contributed by atoms with Crippen LogP contribution < -0.4 is 0 Å². The third-order valence-corrected chi connectivity index (χ3v) is 4.60. The number of carbonyl (C=O) groups is 2. The first kappa shape index (κ1) is 15.9. The Balaban J connectivity index is 1.71. The molecule has 2 aliphatic rings. The van der Waals surface area contributed by atoms with Crippen LogP contribution in [0.5, 0.6) is 0 Å². The van der Waals surface area contributed by atoms with Crippen LogP contribution in [0.3, 0.4) is 0 Å². The highest BCUT2D eigenvalue weighted by atomic mass is 16.5. The number of morpholine rings is 1. The van der Waals surface area contributed by atoms with Gasteiger partial charge in [-0.05, 0) is 30.9 Å². The molecule has 0 unspecified atom stereocenters. The van der Waals surface area contributed by atoms with Gasteiger partial charge in [0.2, 0.25) is 0 Å². The fourth-order valence-electron chi connectivity index (χ4n) is 3.00. The summed E-state index contributed by atoms with van der Waals surface area (Å²) in [4.78, 5) is 32.8. The van der Waals surface area contributed by atoms with Crippen molar-refractivity contribution in [2.45, 2.75) is 19.8 Å². The Morgan fingerprint density at radius 3 is 2.43 bits per heavy atom. The van der Waals surface area contributed by atoms with E-state index in [4.69, 9.17) is 4.74 Å². The van der Waals surface area contributed by atoms with Gasteiger partial charge in [-0.2, -0.15) is 0 Å². The number of aromatic nitrogens is 1. The van der Waals surface area contributed by atoms with E-state index in [1.807, 2.05) is 4.90 Å². The normalized spacial score (nSPS) is 19.7. The largest absolute Gasteiger partial charge is 0.378 e. The summed E-state index contributed by atoms with van der Waals surface area (Å²) in [6, 6.07) is 3.31. The van der Waals surface area contributed by atoms with Gasteiger partial charge < -0.3 is 14.5 Å². The Morgan fingerprint density at radius 1 is 1.09 bits per heavy atom. The van der Waals surface area contributed by atoms with Gasteiger partial charge in [-0.3, -0.25) is 14.6 Å². The predicted octanol–water partition coefficient (Wildman–Crippen LogP) is 1.43. The number of hydrogen-bond donors (Lipinski definition) is 0. The second kappa shape index (κ2) is 7.08. The molecular formula is C17H23N3O3. The zero-order valence-electron chi connectivity index (χ0n) is 13.5. The van der Waals surface area contributed by atoms with Crippen molar-refractivity contribution < 1.29 is 14.3 Å². The summed E-state index contributed by atoms with van der Waals surface area (Å²) in [5.74, 6) is 0.542. The van der Waals surface area contributed by atoms with E-state index in [0.29, 0.717) is 43.5 Å². The second-order valence-electron chi connectivity index (χ2n) is 6.31. The van der Waals surface area contributed by atoms with Crippen molar-refractivity contribution in [1.82, 2.24) is 14.8 Å². The molecule has 3 rings (SSSR count). The minimum Gasteiger partial charge on any atom is -0.378 e. The van der Waals surface area contributed by atoms with E-state index in [-0.39, 0.29) is 11.8 Å². The first-order valence-corrected chi connectivity index (χ1v) is 8.27. The molecule has 0 radical (unpaired) electrons. The van der Waals surface area contributed by atoms with Gasteiger partial charge in [0.25, 0.3) is 11.8 Å². The number of rotatable bonds is 2. The average Bonchev–Trinajstić information content (AvgIpc) is 2.62. The van der Waals surface area contributed by atoms with E-state index in [1.54, 1.807) is 23.2 Å². The van der Waals surface area contributed by atoms with E-state index in [0.717, 1.165) is 25.9 Å². The minimum atomic E-state index is -0.129. The van der Waals surface area contributed by atoms with E-state index < -0.39 is 0 Å². The highest BCUT2D eigenvalue weighted by Crippen LogP contribution is 2.18. The zero-order valence-corrected chi connectivity index (χ0v) is 13.5. The predicted molar refractivity (Wildman–Crippen MR) is 85.3 cm³/mol. The zero-order chi connectivity index (χ0) is 16.2. The highest BCUT2D eigenvalue weighted by molar-refractivity contribution is 5.98. The SMILES string of the molecule is CC1CCN(C(=O)c2ccnc(C(=O)N3CCOCC3)c2)CC1. The van der Waals surface area contributed by atoms with Crippen molar-refractivity contribution in [3.8, 4) is 0 Å². The van der Waals surface area contributed by atoms with Crippen molar-refractivity contribution in [2.24, 2.45) is 5.92 Å². The highest BCUT2D eigenvalue weighted by Gasteiger charge is 2.24. The fourth-order valence-corrected chi connectivity index (χ4v) is 3.00. The summed E-state index contributed by atoms with van der Waals surface area (Å²) in [5.41, 5.74) is 0.884. The van der Waals surface area contributed by atoms with Gasteiger partial charge in [-0.25, -0.2) is 0 Å². The summed E-state index contributed by atoms with van der Waals surface area (Å²) in [7, 11) is 0. The first-order valence-electron chi connectivity index (χ1n) is 8.27. The van der Waals surface area contributed by atoms with Crippen molar-refractivity contribution in [3.63, 3.8) is 0 Å². The summed E-state index contributed by atoms with van der Waals surface area (Å²) in [6.07, 6.45) is 3.63. The molecule has 2 amide bonds. The summed E-state index contributed by atoms with van der Waals surface area (Å²) >= 11 is 0. The van der Waals surface area contributed by atoms with Crippen molar-refractivity contribution in [1.29, 1.82) is 0 Å². The lowest BCUT2D eigenvalue weighted by molar-refractivity contribution is 0.0299. The molecule has 0 saturated carbocycles. The number of hydrogen-bond acceptors (Lipinski definition) is 4. The fraction of sp³-hybridized carbons (Fsp3) is 0.588. The van der Waals surface area contributed by atoms with Crippen LogP contribution in [0, 0.1) is 5.92 Å². The lowest BCUT2D eigenvalue weighted by Gasteiger charge is -2.30. The molecule has 23 heavy (non-hydrogen) atoms. The monoisotopic (exact) mass is 317 g/mol. The van der Waals surface area contributed by atoms with Crippen LogP contribution in [0.15, 0.2) is 18.3 Å². The molecule has 2 fully saturated rings. The number of carbonyl (C=O) groups excluding carboxylic acids is 2. The molecule has 0 aliphatic carbocycles. The lowest BCUT2D eigenvalue weighted by atomic mass is 9.98. The Kier molecular flexibility index (Phi) is 4.91. The van der Waals surface area contributed by atoms with E-state index >= 15 is 0 Å². The Bertz CT molecular complexity index is 576. The average molecular weight is 317 g/mol. The molecule has 0 atom stereocenters. The van der Waals surface area contributed by atoms with Gasteiger partial charge in [0, 0.05) is 37.9 Å². The smallest absolute Gasteiger partial charge is 0.272 e. The molecule has 0 bridgehead atoms. The molecule has 124 valence electrons. The summed E-state index contributed by atoms with van der Waals surface area (Å²) < 4.78 is 5.26. The van der Waals surface area contributed by atoms with Crippen LogP contribution in [0.2, 0.25) is 0 Å². The van der Waals surface area contributed by atoms with Gasteiger partial charge >= 0.3 is 0 Å². The molecule has 0 N–H and O–H groups in total. The first-order chi connectivity index (χ1) is 11.1.